The minimum absolute atomic E-state index is 0.0793. The summed E-state index contributed by atoms with van der Waals surface area (Å²) in [7, 11) is 3.35. The number of hydrogen-bond donors (Lipinski definition) is 0. The van der Waals surface area contributed by atoms with Crippen LogP contribution in [0.2, 0.25) is 0 Å². The van der Waals surface area contributed by atoms with Crippen LogP contribution >= 0.6 is 0 Å². The maximum atomic E-state index is 12.8. The molecule has 0 N–H and O–H groups in total. The van der Waals surface area contributed by atoms with Crippen molar-refractivity contribution in [2.24, 2.45) is 0 Å². The number of aromatic nitrogens is 4. The van der Waals surface area contributed by atoms with Gasteiger partial charge in [-0.15, -0.1) is 0 Å². The van der Waals surface area contributed by atoms with Crippen molar-refractivity contribution < 1.29 is 9.53 Å². The first-order valence-electron chi connectivity index (χ1n) is 8.79. The van der Waals surface area contributed by atoms with Crippen LogP contribution in [-0.2, 0) is 11.3 Å². The van der Waals surface area contributed by atoms with E-state index in [0.29, 0.717) is 17.0 Å². The van der Waals surface area contributed by atoms with Gasteiger partial charge >= 0.3 is 0 Å². The topological polar surface area (TPSA) is 73.1 Å². The molecule has 28 heavy (non-hydrogen) atoms. The third kappa shape index (κ3) is 3.42. The quantitative estimate of drug-likeness (QED) is 0.537. The second kappa shape index (κ2) is 7.48. The molecule has 7 nitrogen and oxygen atoms in total. The highest BCUT2D eigenvalue weighted by molar-refractivity contribution is 5.93. The van der Waals surface area contributed by atoms with Gasteiger partial charge in [0.05, 0.1) is 19.6 Å². The Hall–Kier alpha value is -3.74. The van der Waals surface area contributed by atoms with Crippen LogP contribution in [-0.4, -0.2) is 39.6 Å². The molecule has 4 rings (SSSR count). The lowest BCUT2D eigenvalue weighted by atomic mass is 10.2. The third-order valence-corrected chi connectivity index (χ3v) is 4.53. The average Bonchev–Trinajstić information content (AvgIpc) is 3.15. The molecule has 7 heteroatoms. The van der Waals surface area contributed by atoms with Crippen LogP contribution in [0.3, 0.4) is 0 Å². The van der Waals surface area contributed by atoms with E-state index < -0.39 is 0 Å². The Morgan fingerprint density at radius 2 is 1.82 bits per heavy atom. The molecule has 0 aliphatic carbocycles. The molecular formula is C21H19N5O2. The molecule has 140 valence electrons. The first kappa shape index (κ1) is 17.7. The summed E-state index contributed by atoms with van der Waals surface area (Å²) in [5.74, 6) is 1.27. The van der Waals surface area contributed by atoms with Gasteiger partial charge in [-0.05, 0) is 24.3 Å². The summed E-state index contributed by atoms with van der Waals surface area (Å²) in [6.45, 7) is 0.129. The summed E-state index contributed by atoms with van der Waals surface area (Å²) in [6, 6.07) is 17.1. The minimum Gasteiger partial charge on any atom is -0.497 e. The Morgan fingerprint density at radius 1 is 1.07 bits per heavy atom. The highest BCUT2D eigenvalue weighted by Crippen LogP contribution is 2.20. The molecule has 2 heterocycles. The minimum atomic E-state index is -0.0793. The predicted octanol–water partition coefficient (Wildman–Crippen LogP) is 3.16. The van der Waals surface area contributed by atoms with E-state index in [9.17, 15) is 4.79 Å². The van der Waals surface area contributed by atoms with Crippen molar-refractivity contribution in [3.8, 4) is 17.1 Å². The van der Waals surface area contributed by atoms with E-state index in [2.05, 4.69) is 15.0 Å². The lowest BCUT2D eigenvalue weighted by Crippen LogP contribution is -2.29. The van der Waals surface area contributed by atoms with E-state index in [1.54, 1.807) is 36.1 Å². The number of fused-ring (bicyclic) bond motifs is 1. The normalized spacial score (nSPS) is 10.8. The summed E-state index contributed by atoms with van der Waals surface area (Å²) >= 11 is 0. The number of ether oxygens (including phenoxy) is 1. The number of anilines is 1. The van der Waals surface area contributed by atoms with Gasteiger partial charge in [0.25, 0.3) is 0 Å². The van der Waals surface area contributed by atoms with Crippen molar-refractivity contribution in [2.45, 2.75) is 6.54 Å². The fraction of sp³-hybridized carbons (Fsp3) is 0.143. The number of nitrogens with zero attached hydrogens (tertiary/aromatic N) is 5. The fourth-order valence-corrected chi connectivity index (χ4v) is 2.90. The first-order valence-corrected chi connectivity index (χ1v) is 8.79. The molecule has 2 aromatic heterocycles. The first-order chi connectivity index (χ1) is 13.7. The second-order valence-corrected chi connectivity index (χ2v) is 6.29. The molecule has 0 unspecified atom stereocenters. The fourth-order valence-electron chi connectivity index (χ4n) is 2.90. The summed E-state index contributed by atoms with van der Waals surface area (Å²) in [5, 5.41) is 0. The summed E-state index contributed by atoms with van der Waals surface area (Å²) in [4.78, 5) is 27.7. The number of imidazole rings is 1. The van der Waals surface area contributed by atoms with Crippen LogP contribution in [0, 0.1) is 0 Å². The lowest BCUT2D eigenvalue weighted by Gasteiger charge is -2.18. The monoisotopic (exact) mass is 373 g/mol. The van der Waals surface area contributed by atoms with Crippen LogP contribution in [0.5, 0.6) is 5.75 Å². The van der Waals surface area contributed by atoms with E-state index in [0.717, 1.165) is 17.0 Å². The summed E-state index contributed by atoms with van der Waals surface area (Å²) in [5.41, 5.74) is 2.98. The standard InChI is InChI=1S/C21H19N5O2/c1-25(16-8-10-17(28-2)11-9-16)19(27)13-26-14-23-18-12-22-20(24-21(18)26)15-6-4-3-5-7-15/h3-12,14H,13H2,1-2H3. The molecule has 2 aromatic carbocycles. The molecule has 0 radical (unpaired) electrons. The van der Waals surface area contributed by atoms with Crippen molar-refractivity contribution in [1.82, 2.24) is 19.5 Å². The third-order valence-electron chi connectivity index (χ3n) is 4.53. The maximum absolute atomic E-state index is 12.8. The van der Waals surface area contributed by atoms with Gasteiger partial charge in [-0.1, -0.05) is 30.3 Å². The van der Waals surface area contributed by atoms with Gasteiger partial charge in [0, 0.05) is 18.3 Å². The molecule has 0 atom stereocenters. The Kier molecular flexibility index (Phi) is 4.72. The van der Waals surface area contributed by atoms with Crippen LogP contribution in [0.1, 0.15) is 0 Å². The summed E-state index contributed by atoms with van der Waals surface area (Å²) < 4.78 is 6.90. The molecule has 0 bridgehead atoms. The molecule has 4 aromatic rings. The van der Waals surface area contributed by atoms with E-state index in [1.165, 1.54) is 0 Å². The maximum Gasteiger partial charge on any atom is 0.246 e. The van der Waals surface area contributed by atoms with Gasteiger partial charge in [-0.3, -0.25) is 4.79 Å². The summed E-state index contributed by atoms with van der Waals surface area (Å²) in [6.07, 6.45) is 3.30. The van der Waals surface area contributed by atoms with Crippen LogP contribution in [0.25, 0.3) is 22.6 Å². The van der Waals surface area contributed by atoms with Crippen molar-refractivity contribution in [1.29, 1.82) is 0 Å². The largest absolute Gasteiger partial charge is 0.497 e. The average molecular weight is 373 g/mol. The Morgan fingerprint density at radius 3 is 2.54 bits per heavy atom. The molecule has 0 spiro atoms. The predicted molar refractivity (Wildman–Crippen MR) is 107 cm³/mol. The number of methoxy groups -OCH3 is 1. The highest BCUT2D eigenvalue weighted by atomic mass is 16.5. The molecule has 0 saturated heterocycles. The molecule has 0 fully saturated rings. The van der Waals surface area contributed by atoms with Gasteiger partial charge in [0.2, 0.25) is 5.91 Å². The number of likely N-dealkylation sites (N-methyl/N-ethyl adjacent to an activating group) is 1. The lowest BCUT2D eigenvalue weighted by molar-refractivity contribution is -0.118. The smallest absolute Gasteiger partial charge is 0.246 e. The Labute approximate surface area is 162 Å². The number of carbonyl (C=O) groups is 1. The van der Waals surface area contributed by atoms with Gasteiger partial charge in [-0.2, -0.15) is 0 Å². The van der Waals surface area contributed by atoms with Crippen LogP contribution in [0.4, 0.5) is 5.69 Å². The van der Waals surface area contributed by atoms with Crippen molar-refractivity contribution >= 4 is 22.8 Å². The van der Waals surface area contributed by atoms with Crippen molar-refractivity contribution in [3.63, 3.8) is 0 Å². The zero-order valence-corrected chi connectivity index (χ0v) is 15.6. The number of carbonyl (C=O) groups excluding carboxylic acids is 1. The van der Waals surface area contributed by atoms with E-state index in [1.807, 2.05) is 54.6 Å². The number of hydrogen-bond acceptors (Lipinski definition) is 5. The Bertz CT molecular complexity index is 1110. The number of amides is 1. The SMILES string of the molecule is COc1ccc(N(C)C(=O)Cn2cnc3cnc(-c4ccccc4)nc32)cc1. The molecule has 0 saturated carbocycles. The number of rotatable bonds is 5. The second-order valence-electron chi connectivity index (χ2n) is 6.29. The van der Waals surface area contributed by atoms with Crippen molar-refractivity contribution in [2.75, 3.05) is 19.1 Å². The highest BCUT2D eigenvalue weighted by Gasteiger charge is 2.15. The molecule has 0 aliphatic heterocycles. The van der Waals surface area contributed by atoms with E-state index in [-0.39, 0.29) is 12.5 Å². The van der Waals surface area contributed by atoms with Gasteiger partial charge in [-0.25, -0.2) is 15.0 Å². The molecule has 1 amide bonds. The van der Waals surface area contributed by atoms with Gasteiger partial charge < -0.3 is 14.2 Å². The van der Waals surface area contributed by atoms with Crippen LogP contribution < -0.4 is 9.64 Å². The molecule has 0 aliphatic rings. The van der Waals surface area contributed by atoms with Gasteiger partial charge in [0.15, 0.2) is 11.5 Å². The van der Waals surface area contributed by atoms with Crippen LogP contribution in [0.15, 0.2) is 67.1 Å². The zero-order valence-electron chi connectivity index (χ0n) is 15.6. The Balaban J connectivity index is 1.59. The van der Waals surface area contributed by atoms with Crippen molar-refractivity contribution in [3.05, 3.63) is 67.1 Å². The number of benzene rings is 2. The van der Waals surface area contributed by atoms with E-state index >= 15 is 0 Å². The van der Waals surface area contributed by atoms with E-state index in [4.69, 9.17) is 4.74 Å². The molecular weight excluding hydrogens is 354 g/mol. The zero-order chi connectivity index (χ0) is 19.5. The van der Waals surface area contributed by atoms with Gasteiger partial charge in [0.1, 0.15) is 17.8 Å².